The number of alkyl halides is 4. The molecule has 1 N–H and O–H groups in total. The Morgan fingerprint density at radius 2 is 1.90 bits per heavy atom. The van der Waals surface area contributed by atoms with Gasteiger partial charge in [0.05, 0.1) is 6.54 Å². The molecule has 0 fully saturated rings. The van der Waals surface area contributed by atoms with Crippen molar-refractivity contribution in [2.45, 2.75) is 25.9 Å². The number of hydrogen-bond donors (Lipinski definition) is 1. The average molecular weight is 434 g/mol. The first-order valence-corrected chi connectivity index (χ1v) is 8.52. The van der Waals surface area contributed by atoms with Crippen LogP contribution >= 0.6 is 11.6 Å². The Morgan fingerprint density at radius 3 is 2.55 bits per heavy atom. The summed E-state index contributed by atoms with van der Waals surface area (Å²) in [5.41, 5.74) is -1.07. The Hall–Kier alpha value is -2.95. The van der Waals surface area contributed by atoms with Gasteiger partial charge >= 0.3 is 0 Å². The van der Waals surface area contributed by atoms with Gasteiger partial charge in [-0.1, -0.05) is 23.7 Å². The summed E-state index contributed by atoms with van der Waals surface area (Å²) in [5.74, 6) is -1.33. The van der Waals surface area contributed by atoms with Crippen molar-refractivity contribution in [3.8, 4) is 0 Å². The maximum atomic E-state index is 13.3. The van der Waals surface area contributed by atoms with Crippen LogP contribution in [0.5, 0.6) is 0 Å². The van der Waals surface area contributed by atoms with Crippen molar-refractivity contribution >= 4 is 23.3 Å². The van der Waals surface area contributed by atoms with E-state index in [9.17, 15) is 26.7 Å². The molecule has 154 valence electrons. The minimum Gasteiger partial charge on any atom is -0.306 e. The van der Waals surface area contributed by atoms with Crippen molar-refractivity contribution in [1.82, 2.24) is 19.6 Å². The lowest BCUT2D eigenvalue weighted by Gasteiger charge is -2.07. The standard InChI is InChI=1S/C17H13ClF5N5O/c18-11-7-27(6-9-2-1-3-10(19)4-9)26-17(11)24-14(29)8-28-13(16(22)23)5-12(25-28)15(20)21/h1-5,7,15-16H,6,8H2,(H,24,26,29). The lowest BCUT2D eigenvalue weighted by atomic mass is 10.2. The molecule has 0 aliphatic heterocycles. The number of carbonyl (C=O) groups excluding carboxylic acids is 1. The summed E-state index contributed by atoms with van der Waals surface area (Å²) in [5, 5.41) is 9.74. The molecule has 0 saturated carbocycles. The second kappa shape index (κ2) is 8.60. The molecule has 0 spiro atoms. The predicted molar refractivity (Wildman–Crippen MR) is 93.5 cm³/mol. The Morgan fingerprint density at radius 1 is 1.14 bits per heavy atom. The number of rotatable bonds is 7. The summed E-state index contributed by atoms with van der Waals surface area (Å²) in [4.78, 5) is 12.1. The first-order valence-electron chi connectivity index (χ1n) is 8.14. The number of halogens is 6. The van der Waals surface area contributed by atoms with E-state index in [0.29, 0.717) is 16.3 Å². The van der Waals surface area contributed by atoms with E-state index < -0.39 is 42.5 Å². The van der Waals surface area contributed by atoms with Gasteiger partial charge in [0.15, 0.2) is 5.82 Å². The van der Waals surface area contributed by atoms with Crippen LogP contribution in [0.25, 0.3) is 0 Å². The van der Waals surface area contributed by atoms with Gasteiger partial charge in [-0.3, -0.25) is 14.2 Å². The highest BCUT2D eigenvalue weighted by atomic mass is 35.5. The summed E-state index contributed by atoms with van der Waals surface area (Å²) in [6, 6.07) is 6.33. The van der Waals surface area contributed by atoms with Crippen LogP contribution < -0.4 is 5.32 Å². The van der Waals surface area contributed by atoms with E-state index in [4.69, 9.17) is 11.6 Å². The van der Waals surface area contributed by atoms with Gasteiger partial charge in [0.25, 0.3) is 12.9 Å². The molecule has 1 aromatic carbocycles. The third kappa shape index (κ3) is 5.11. The Bertz CT molecular complexity index is 1020. The fraction of sp³-hybridized carbons (Fsp3) is 0.235. The van der Waals surface area contributed by atoms with Gasteiger partial charge in [0, 0.05) is 6.20 Å². The van der Waals surface area contributed by atoms with Crippen molar-refractivity contribution < 1.29 is 26.7 Å². The molecule has 0 aliphatic carbocycles. The van der Waals surface area contributed by atoms with Crippen LogP contribution in [0.4, 0.5) is 27.8 Å². The van der Waals surface area contributed by atoms with Crippen LogP contribution in [0, 0.1) is 5.82 Å². The molecule has 29 heavy (non-hydrogen) atoms. The molecule has 12 heteroatoms. The molecule has 3 rings (SSSR count). The molecule has 0 bridgehead atoms. The molecule has 2 heterocycles. The van der Waals surface area contributed by atoms with E-state index in [1.807, 2.05) is 0 Å². The van der Waals surface area contributed by atoms with Gasteiger partial charge in [-0.15, -0.1) is 0 Å². The summed E-state index contributed by atoms with van der Waals surface area (Å²) >= 11 is 6.00. The summed E-state index contributed by atoms with van der Waals surface area (Å²) in [6.45, 7) is -0.570. The molecule has 0 unspecified atom stereocenters. The monoisotopic (exact) mass is 433 g/mol. The summed E-state index contributed by atoms with van der Waals surface area (Å²) in [6.07, 6.45) is -4.75. The molecule has 3 aromatic rings. The van der Waals surface area contributed by atoms with E-state index in [2.05, 4.69) is 15.5 Å². The van der Waals surface area contributed by atoms with Gasteiger partial charge < -0.3 is 5.32 Å². The van der Waals surface area contributed by atoms with Crippen LogP contribution in [0.2, 0.25) is 5.02 Å². The Balaban J connectivity index is 1.71. The fourth-order valence-corrected chi connectivity index (χ4v) is 2.75. The lowest BCUT2D eigenvalue weighted by Crippen LogP contribution is -2.21. The summed E-state index contributed by atoms with van der Waals surface area (Å²) < 4.78 is 66.5. The highest BCUT2D eigenvalue weighted by molar-refractivity contribution is 6.33. The van der Waals surface area contributed by atoms with Crippen molar-refractivity contribution in [3.63, 3.8) is 0 Å². The molecule has 0 aliphatic rings. The Kier molecular flexibility index (Phi) is 6.16. The van der Waals surface area contributed by atoms with Gasteiger partial charge in [-0.05, 0) is 23.8 Å². The molecule has 0 saturated heterocycles. The third-order valence-electron chi connectivity index (χ3n) is 3.78. The number of amides is 1. The topological polar surface area (TPSA) is 64.7 Å². The summed E-state index contributed by atoms with van der Waals surface area (Å²) in [7, 11) is 0. The smallest absolute Gasteiger partial charge is 0.282 e. The largest absolute Gasteiger partial charge is 0.306 e. The van der Waals surface area contributed by atoms with Crippen LogP contribution in [0.15, 0.2) is 36.5 Å². The molecule has 2 aromatic heterocycles. The lowest BCUT2D eigenvalue weighted by molar-refractivity contribution is -0.117. The molecular formula is C17H13ClF5N5O. The number of nitrogens with zero attached hydrogens (tertiary/aromatic N) is 4. The number of anilines is 1. The van der Waals surface area contributed by atoms with Gasteiger partial charge in [0.2, 0.25) is 5.91 Å². The highest BCUT2D eigenvalue weighted by Gasteiger charge is 2.23. The van der Waals surface area contributed by atoms with Crippen LogP contribution in [-0.2, 0) is 17.9 Å². The number of benzene rings is 1. The van der Waals surface area contributed by atoms with E-state index >= 15 is 0 Å². The van der Waals surface area contributed by atoms with Crippen molar-refractivity contribution in [1.29, 1.82) is 0 Å². The molecule has 0 atom stereocenters. The fourth-order valence-electron chi connectivity index (χ4n) is 2.55. The zero-order valence-electron chi connectivity index (χ0n) is 14.5. The first-order chi connectivity index (χ1) is 13.7. The Labute approximate surface area is 165 Å². The van der Waals surface area contributed by atoms with Gasteiger partial charge in [0.1, 0.15) is 28.8 Å². The van der Waals surface area contributed by atoms with E-state index in [1.54, 1.807) is 6.07 Å². The highest BCUT2D eigenvalue weighted by Crippen LogP contribution is 2.25. The molecular weight excluding hydrogens is 421 g/mol. The second-order valence-corrected chi connectivity index (χ2v) is 6.36. The SMILES string of the molecule is O=C(Cn1nc(C(F)F)cc1C(F)F)Nc1nn(Cc2cccc(F)c2)cc1Cl. The minimum absolute atomic E-state index is 0.0533. The van der Waals surface area contributed by atoms with Crippen molar-refractivity contribution in [2.75, 3.05) is 5.32 Å². The van der Waals surface area contributed by atoms with Crippen LogP contribution in [0.1, 0.15) is 29.8 Å². The van der Waals surface area contributed by atoms with Crippen molar-refractivity contribution in [3.05, 3.63) is 64.3 Å². The first kappa shape index (κ1) is 20.8. The quantitative estimate of drug-likeness (QED) is 0.560. The normalized spacial score (nSPS) is 11.4. The molecule has 1 amide bonds. The number of carbonyl (C=O) groups is 1. The van der Waals surface area contributed by atoms with Crippen LogP contribution in [0.3, 0.4) is 0 Å². The minimum atomic E-state index is -3.09. The number of aromatic nitrogens is 4. The predicted octanol–water partition coefficient (Wildman–Crippen LogP) is 4.43. The molecule has 6 nitrogen and oxygen atoms in total. The van der Waals surface area contributed by atoms with E-state index in [0.717, 1.165) is 0 Å². The second-order valence-electron chi connectivity index (χ2n) is 5.95. The van der Waals surface area contributed by atoms with E-state index in [1.165, 1.54) is 29.1 Å². The number of hydrogen-bond acceptors (Lipinski definition) is 3. The maximum absolute atomic E-state index is 13.3. The number of nitrogens with one attached hydrogen (secondary N) is 1. The van der Waals surface area contributed by atoms with Crippen LogP contribution in [-0.4, -0.2) is 25.5 Å². The van der Waals surface area contributed by atoms with Gasteiger partial charge in [-0.2, -0.15) is 10.2 Å². The van der Waals surface area contributed by atoms with Gasteiger partial charge in [-0.25, -0.2) is 22.0 Å². The average Bonchev–Trinajstić information content (AvgIpc) is 3.19. The third-order valence-corrected chi connectivity index (χ3v) is 4.06. The molecule has 0 radical (unpaired) electrons. The zero-order valence-corrected chi connectivity index (χ0v) is 15.3. The maximum Gasteiger partial charge on any atom is 0.282 e. The zero-order chi connectivity index (χ0) is 21.1. The van der Waals surface area contributed by atoms with E-state index in [-0.39, 0.29) is 17.4 Å². The van der Waals surface area contributed by atoms with Crippen molar-refractivity contribution in [2.24, 2.45) is 0 Å².